The van der Waals surface area contributed by atoms with Crippen molar-refractivity contribution in [3.8, 4) is 5.75 Å². The average molecular weight is 381 g/mol. The molecule has 2 fully saturated rings. The molecule has 8 heteroatoms. The fourth-order valence-electron chi connectivity index (χ4n) is 3.92. The zero-order valence-corrected chi connectivity index (χ0v) is 15.8. The predicted molar refractivity (Wildman–Crippen MR) is 101 cm³/mol. The highest BCUT2D eigenvalue weighted by Gasteiger charge is 2.34. The van der Waals surface area contributed by atoms with Crippen LogP contribution in [-0.4, -0.2) is 51.3 Å². The molecule has 1 N–H and O–H groups in total. The van der Waals surface area contributed by atoms with Gasteiger partial charge in [0.15, 0.2) is 12.4 Å². The standard InChI is InChI=1S/C20H23N5O3/c1-12(14-2-5-19-16(7-14)21-20(27)11-28-19)24-8-13(9-24)6-18(26)17-10-25(23-22-17)15-3-4-15/h2,5,7,10,12-13,15H,3-4,6,8-9,11H2,1H3,(H,21,27). The van der Waals surface area contributed by atoms with Gasteiger partial charge in [-0.2, -0.15) is 0 Å². The molecule has 1 aromatic heterocycles. The van der Waals surface area contributed by atoms with Gasteiger partial charge in [-0.25, -0.2) is 4.68 Å². The van der Waals surface area contributed by atoms with E-state index in [1.807, 2.05) is 22.9 Å². The molecule has 2 aromatic rings. The summed E-state index contributed by atoms with van der Waals surface area (Å²) in [7, 11) is 0. The third-order valence-corrected chi connectivity index (χ3v) is 5.84. The van der Waals surface area contributed by atoms with Crippen LogP contribution >= 0.6 is 0 Å². The van der Waals surface area contributed by atoms with Gasteiger partial charge >= 0.3 is 0 Å². The highest BCUT2D eigenvalue weighted by atomic mass is 16.5. The van der Waals surface area contributed by atoms with Crippen LogP contribution in [0.2, 0.25) is 0 Å². The number of ether oxygens (including phenoxy) is 1. The minimum Gasteiger partial charge on any atom is -0.482 e. The predicted octanol–water partition coefficient (Wildman–Crippen LogP) is 2.21. The van der Waals surface area contributed by atoms with E-state index in [4.69, 9.17) is 4.74 Å². The number of nitrogens with zero attached hydrogens (tertiary/aromatic N) is 4. The van der Waals surface area contributed by atoms with Crippen molar-refractivity contribution in [2.75, 3.05) is 25.0 Å². The highest BCUT2D eigenvalue weighted by molar-refractivity contribution is 5.95. The van der Waals surface area contributed by atoms with Crippen molar-refractivity contribution in [1.29, 1.82) is 0 Å². The number of hydrogen-bond acceptors (Lipinski definition) is 6. The summed E-state index contributed by atoms with van der Waals surface area (Å²) in [5, 5.41) is 11.0. The number of aromatic nitrogens is 3. The second-order valence-electron chi connectivity index (χ2n) is 8.03. The van der Waals surface area contributed by atoms with Gasteiger partial charge in [0, 0.05) is 25.6 Å². The van der Waals surface area contributed by atoms with Gasteiger partial charge < -0.3 is 10.1 Å². The molecule has 146 valence electrons. The first-order chi connectivity index (χ1) is 13.6. The van der Waals surface area contributed by atoms with Crippen LogP contribution in [0, 0.1) is 5.92 Å². The smallest absolute Gasteiger partial charge is 0.262 e. The Kier molecular flexibility index (Phi) is 4.16. The van der Waals surface area contributed by atoms with E-state index in [1.54, 1.807) is 6.20 Å². The van der Waals surface area contributed by atoms with E-state index in [0.717, 1.165) is 37.2 Å². The molecule has 1 aliphatic carbocycles. The van der Waals surface area contributed by atoms with Crippen LogP contribution in [0.1, 0.15) is 54.3 Å². The van der Waals surface area contributed by atoms with Gasteiger partial charge in [0.25, 0.3) is 5.91 Å². The zero-order valence-electron chi connectivity index (χ0n) is 15.8. The number of Topliss-reactive ketones (excluding diaryl/α,β-unsaturated/α-hetero) is 1. The molecule has 0 radical (unpaired) electrons. The largest absolute Gasteiger partial charge is 0.482 e. The van der Waals surface area contributed by atoms with Crippen molar-refractivity contribution in [3.05, 3.63) is 35.7 Å². The van der Waals surface area contributed by atoms with Crippen LogP contribution < -0.4 is 10.1 Å². The number of ketones is 1. The first kappa shape index (κ1) is 17.4. The fraction of sp³-hybridized carbons (Fsp3) is 0.500. The van der Waals surface area contributed by atoms with E-state index >= 15 is 0 Å². The van der Waals surface area contributed by atoms with Gasteiger partial charge in [0.05, 0.1) is 17.9 Å². The molecule has 1 saturated heterocycles. The van der Waals surface area contributed by atoms with Crippen molar-refractivity contribution in [2.24, 2.45) is 5.92 Å². The van der Waals surface area contributed by atoms with Crippen LogP contribution in [0.5, 0.6) is 5.75 Å². The average Bonchev–Trinajstić information content (AvgIpc) is 3.39. The number of benzene rings is 1. The maximum Gasteiger partial charge on any atom is 0.262 e. The van der Waals surface area contributed by atoms with Gasteiger partial charge in [-0.1, -0.05) is 11.3 Å². The Morgan fingerprint density at radius 2 is 2.18 bits per heavy atom. The molecule has 1 atom stereocenters. The Morgan fingerprint density at radius 1 is 1.36 bits per heavy atom. The molecule has 3 heterocycles. The number of fused-ring (bicyclic) bond motifs is 1. The lowest BCUT2D eigenvalue weighted by atomic mass is 9.90. The van der Waals surface area contributed by atoms with Crippen molar-refractivity contribution in [3.63, 3.8) is 0 Å². The van der Waals surface area contributed by atoms with Crippen molar-refractivity contribution >= 4 is 17.4 Å². The highest BCUT2D eigenvalue weighted by Crippen LogP contribution is 2.36. The number of nitrogens with one attached hydrogen (secondary N) is 1. The summed E-state index contributed by atoms with van der Waals surface area (Å²) in [4.78, 5) is 26.3. The summed E-state index contributed by atoms with van der Waals surface area (Å²) < 4.78 is 7.24. The van der Waals surface area contributed by atoms with Gasteiger partial charge in [0.1, 0.15) is 11.4 Å². The summed E-state index contributed by atoms with van der Waals surface area (Å²) in [5.74, 6) is 1.01. The minimum atomic E-state index is -0.126. The van der Waals surface area contributed by atoms with Gasteiger partial charge in [-0.05, 0) is 43.4 Å². The molecular weight excluding hydrogens is 358 g/mol. The Morgan fingerprint density at radius 3 is 2.96 bits per heavy atom. The van der Waals surface area contributed by atoms with Crippen LogP contribution in [0.15, 0.2) is 24.4 Å². The number of rotatable bonds is 6. The third-order valence-electron chi connectivity index (χ3n) is 5.84. The van der Waals surface area contributed by atoms with Gasteiger partial charge in [0.2, 0.25) is 0 Å². The molecule has 28 heavy (non-hydrogen) atoms. The number of anilines is 1. The summed E-state index contributed by atoms with van der Waals surface area (Å²) >= 11 is 0. The summed E-state index contributed by atoms with van der Waals surface area (Å²) in [6.45, 7) is 3.97. The van der Waals surface area contributed by atoms with Crippen LogP contribution in [0.25, 0.3) is 0 Å². The molecular formula is C20H23N5O3. The summed E-state index contributed by atoms with van der Waals surface area (Å²) in [5.41, 5.74) is 2.34. The maximum atomic E-state index is 12.5. The number of amides is 1. The van der Waals surface area contributed by atoms with Crippen LogP contribution in [0.3, 0.4) is 0 Å². The van der Waals surface area contributed by atoms with Crippen molar-refractivity contribution < 1.29 is 14.3 Å². The van der Waals surface area contributed by atoms with Crippen molar-refractivity contribution in [2.45, 2.75) is 38.3 Å². The second kappa shape index (κ2) is 6.70. The Hall–Kier alpha value is -2.74. The summed E-state index contributed by atoms with van der Waals surface area (Å²) in [6, 6.07) is 6.58. The Bertz CT molecular complexity index is 930. The molecule has 1 saturated carbocycles. The lowest BCUT2D eigenvalue weighted by Crippen LogP contribution is -2.48. The van der Waals surface area contributed by atoms with Gasteiger partial charge in [-0.3, -0.25) is 14.5 Å². The SMILES string of the molecule is CC(c1ccc2c(c1)NC(=O)CO2)N1CC(CC(=O)c2cn(C3CC3)nn2)C1. The van der Waals surface area contributed by atoms with Crippen molar-refractivity contribution in [1.82, 2.24) is 19.9 Å². The van der Waals surface area contributed by atoms with Gasteiger partial charge in [-0.15, -0.1) is 5.10 Å². The quantitative estimate of drug-likeness (QED) is 0.772. The molecule has 5 rings (SSSR count). The van der Waals surface area contributed by atoms with Crippen LogP contribution in [-0.2, 0) is 4.79 Å². The molecule has 3 aliphatic rings. The molecule has 1 aromatic carbocycles. The molecule has 1 amide bonds. The van der Waals surface area contributed by atoms with E-state index in [0.29, 0.717) is 29.8 Å². The van der Waals surface area contributed by atoms with Crippen LogP contribution in [0.4, 0.5) is 5.69 Å². The van der Waals surface area contributed by atoms with E-state index in [2.05, 4.69) is 27.5 Å². The normalized spacial score (nSPS) is 20.7. The zero-order chi connectivity index (χ0) is 19.3. The monoisotopic (exact) mass is 381 g/mol. The molecule has 0 bridgehead atoms. The fourth-order valence-corrected chi connectivity index (χ4v) is 3.92. The number of hydrogen-bond donors (Lipinski definition) is 1. The number of carbonyl (C=O) groups is 2. The lowest BCUT2D eigenvalue weighted by Gasteiger charge is -2.43. The second-order valence-corrected chi connectivity index (χ2v) is 8.03. The molecule has 8 nitrogen and oxygen atoms in total. The molecule has 1 unspecified atom stereocenters. The Balaban J connectivity index is 1.16. The molecule has 0 spiro atoms. The maximum absolute atomic E-state index is 12.5. The van der Waals surface area contributed by atoms with E-state index in [1.165, 1.54) is 0 Å². The minimum absolute atomic E-state index is 0.0676. The first-order valence-corrected chi connectivity index (χ1v) is 9.82. The summed E-state index contributed by atoms with van der Waals surface area (Å²) in [6.07, 6.45) is 4.57. The third kappa shape index (κ3) is 3.28. The Labute approximate surface area is 162 Å². The topological polar surface area (TPSA) is 89.4 Å². The number of carbonyl (C=O) groups excluding carboxylic acids is 2. The first-order valence-electron chi connectivity index (χ1n) is 9.82. The number of likely N-dealkylation sites (tertiary alicyclic amines) is 1. The van der Waals surface area contributed by atoms with E-state index < -0.39 is 0 Å². The van der Waals surface area contributed by atoms with E-state index in [9.17, 15) is 9.59 Å². The molecule has 2 aliphatic heterocycles. The lowest BCUT2D eigenvalue weighted by molar-refractivity contribution is -0.118. The van der Waals surface area contributed by atoms with E-state index in [-0.39, 0.29) is 24.3 Å².